The number of nitrogens with one attached hydrogen (secondary N) is 2. The second kappa shape index (κ2) is 10.5. The maximum atomic E-state index is 5.34. The molecule has 0 aromatic carbocycles. The topological polar surface area (TPSA) is 42.5 Å². The molecule has 0 aliphatic heterocycles. The lowest BCUT2D eigenvalue weighted by molar-refractivity contribution is 0.241. The summed E-state index contributed by atoms with van der Waals surface area (Å²) in [7, 11) is 3.23. The van der Waals surface area contributed by atoms with E-state index in [-0.39, 0.29) is 0 Å². The van der Waals surface area contributed by atoms with E-state index in [4.69, 9.17) is 21.7 Å². The molecule has 0 aromatic heterocycles. The molecule has 0 amide bonds. The third kappa shape index (κ3) is 6.57. The minimum Gasteiger partial charge on any atom is -0.493 e. The molecule has 5 heteroatoms. The minimum atomic E-state index is 0.562. The summed E-state index contributed by atoms with van der Waals surface area (Å²) in [4.78, 5) is 0. The summed E-state index contributed by atoms with van der Waals surface area (Å²) in [6, 6.07) is 0. The Bertz CT molecular complexity index is 584. The van der Waals surface area contributed by atoms with E-state index in [0.29, 0.717) is 29.6 Å². The number of thiocarbonyl (C=S) groups is 1. The first-order valence-electron chi connectivity index (χ1n) is 7.33. The van der Waals surface area contributed by atoms with Crippen molar-refractivity contribution < 1.29 is 9.47 Å². The molecule has 2 N–H and O–H groups in total. The zero-order valence-corrected chi connectivity index (χ0v) is 14.7. The Morgan fingerprint density at radius 1 is 1.35 bits per heavy atom. The molecule has 0 aromatic rings. The average Bonchev–Trinajstić information content (AvgIpc) is 2.76. The number of hydrogen-bond donors (Lipinski definition) is 2. The molecule has 0 fully saturated rings. The SMILES string of the molecule is C=C/C=C\C(=C/C)CNC(=S)NC1=CC(OC)=C(OC)C=CC1. The first kappa shape index (κ1) is 18.8. The average molecular weight is 332 g/mol. The van der Waals surface area contributed by atoms with Crippen molar-refractivity contribution in [3.05, 3.63) is 71.9 Å². The normalized spacial score (nSPS) is 15.1. The fourth-order valence-corrected chi connectivity index (χ4v) is 2.10. The number of allylic oxidation sites excluding steroid dienone is 6. The van der Waals surface area contributed by atoms with Gasteiger partial charge in [0.05, 0.1) is 14.2 Å². The molecule has 0 heterocycles. The summed E-state index contributed by atoms with van der Waals surface area (Å²) in [6.45, 7) is 6.30. The highest BCUT2D eigenvalue weighted by Crippen LogP contribution is 2.17. The number of rotatable bonds is 7. The molecular weight excluding hydrogens is 308 g/mol. The zero-order chi connectivity index (χ0) is 17.1. The molecule has 0 spiro atoms. The fraction of sp³-hybridized carbons (Fsp3) is 0.278. The van der Waals surface area contributed by atoms with Crippen LogP contribution in [0.1, 0.15) is 13.3 Å². The second-order valence-electron chi connectivity index (χ2n) is 4.68. The van der Waals surface area contributed by atoms with E-state index >= 15 is 0 Å². The van der Waals surface area contributed by atoms with Gasteiger partial charge >= 0.3 is 0 Å². The smallest absolute Gasteiger partial charge is 0.170 e. The fourth-order valence-electron chi connectivity index (χ4n) is 1.90. The maximum absolute atomic E-state index is 5.34. The lowest BCUT2D eigenvalue weighted by Crippen LogP contribution is -2.35. The van der Waals surface area contributed by atoms with Crippen LogP contribution in [0.15, 0.2) is 71.9 Å². The predicted molar refractivity (Wildman–Crippen MR) is 99.7 cm³/mol. The highest BCUT2D eigenvalue weighted by atomic mass is 32.1. The van der Waals surface area contributed by atoms with E-state index in [9.17, 15) is 0 Å². The third-order valence-corrected chi connectivity index (χ3v) is 3.39. The molecule has 1 aliphatic rings. The second-order valence-corrected chi connectivity index (χ2v) is 5.09. The molecule has 4 nitrogen and oxygen atoms in total. The minimum absolute atomic E-state index is 0.562. The van der Waals surface area contributed by atoms with Crippen molar-refractivity contribution in [1.82, 2.24) is 10.6 Å². The van der Waals surface area contributed by atoms with Gasteiger partial charge in [-0.2, -0.15) is 0 Å². The standard InChI is InChI=1S/C18H24N2O2S/c1-5-7-9-14(6-2)13-19-18(23)20-15-10-8-11-16(21-3)17(12-15)22-4/h5-9,11-12H,1,10,13H2,2-4H3,(H2,19,20,23)/b9-7-,14-6+. The van der Waals surface area contributed by atoms with E-state index in [1.54, 1.807) is 20.3 Å². The number of methoxy groups -OCH3 is 2. The van der Waals surface area contributed by atoms with Crippen LogP contribution in [-0.2, 0) is 9.47 Å². The molecule has 124 valence electrons. The van der Waals surface area contributed by atoms with Crippen LogP contribution >= 0.6 is 12.2 Å². The van der Waals surface area contributed by atoms with Crippen LogP contribution in [0.2, 0.25) is 0 Å². The summed E-state index contributed by atoms with van der Waals surface area (Å²) >= 11 is 5.34. The summed E-state index contributed by atoms with van der Waals surface area (Å²) < 4.78 is 10.6. The highest BCUT2D eigenvalue weighted by Gasteiger charge is 2.09. The van der Waals surface area contributed by atoms with E-state index in [2.05, 4.69) is 17.2 Å². The lowest BCUT2D eigenvalue weighted by Gasteiger charge is -2.13. The van der Waals surface area contributed by atoms with Crippen molar-refractivity contribution in [2.75, 3.05) is 20.8 Å². The van der Waals surface area contributed by atoms with Gasteiger partial charge in [-0.25, -0.2) is 0 Å². The van der Waals surface area contributed by atoms with Crippen LogP contribution in [-0.4, -0.2) is 25.9 Å². The molecule has 0 unspecified atom stereocenters. The van der Waals surface area contributed by atoms with Gasteiger partial charge in [0.1, 0.15) is 0 Å². The van der Waals surface area contributed by atoms with Crippen LogP contribution in [0, 0.1) is 0 Å². The Hall–Kier alpha value is -2.27. The Labute approximate surface area is 143 Å². The van der Waals surface area contributed by atoms with E-state index in [1.807, 2.05) is 43.4 Å². The Kier molecular flexibility index (Phi) is 8.54. The van der Waals surface area contributed by atoms with Gasteiger partial charge in [-0.15, -0.1) is 0 Å². The first-order chi connectivity index (χ1) is 11.1. The van der Waals surface area contributed by atoms with Crippen molar-refractivity contribution in [3.8, 4) is 0 Å². The van der Waals surface area contributed by atoms with E-state index in [0.717, 1.165) is 11.3 Å². The molecule has 1 rings (SSSR count). The molecule has 0 bridgehead atoms. The maximum Gasteiger partial charge on any atom is 0.170 e. The van der Waals surface area contributed by atoms with Crippen LogP contribution in [0.25, 0.3) is 0 Å². The van der Waals surface area contributed by atoms with Gasteiger partial charge in [0.15, 0.2) is 16.6 Å². The van der Waals surface area contributed by atoms with Crippen molar-refractivity contribution in [3.63, 3.8) is 0 Å². The summed E-state index contributed by atoms with van der Waals surface area (Å²) in [5.74, 6) is 1.35. The van der Waals surface area contributed by atoms with Gasteiger partial charge in [-0.05, 0) is 30.8 Å². The number of hydrogen-bond acceptors (Lipinski definition) is 3. The van der Waals surface area contributed by atoms with Gasteiger partial charge in [-0.3, -0.25) is 0 Å². The molecule has 23 heavy (non-hydrogen) atoms. The molecule has 1 aliphatic carbocycles. The van der Waals surface area contributed by atoms with Gasteiger partial charge in [0.25, 0.3) is 0 Å². The Morgan fingerprint density at radius 3 is 2.70 bits per heavy atom. The van der Waals surface area contributed by atoms with Gasteiger partial charge < -0.3 is 20.1 Å². The first-order valence-corrected chi connectivity index (χ1v) is 7.74. The van der Waals surface area contributed by atoms with Crippen LogP contribution < -0.4 is 10.6 Å². The van der Waals surface area contributed by atoms with Gasteiger partial charge in [0, 0.05) is 24.7 Å². The Morgan fingerprint density at radius 2 is 2.09 bits per heavy atom. The third-order valence-electron chi connectivity index (χ3n) is 3.14. The largest absolute Gasteiger partial charge is 0.493 e. The van der Waals surface area contributed by atoms with E-state index < -0.39 is 0 Å². The predicted octanol–water partition coefficient (Wildman–Crippen LogP) is 3.49. The van der Waals surface area contributed by atoms with Crippen LogP contribution in [0.4, 0.5) is 0 Å². The summed E-state index contributed by atoms with van der Waals surface area (Å²) in [5, 5.41) is 6.94. The highest BCUT2D eigenvalue weighted by molar-refractivity contribution is 7.80. The molecular formula is C18H24N2O2S. The summed E-state index contributed by atoms with van der Waals surface area (Å²) in [6.07, 6.45) is 14.2. The molecule has 0 atom stereocenters. The van der Waals surface area contributed by atoms with Gasteiger partial charge in [-0.1, -0.05) is 37.0 Å². The molecule has 0 saturated carbocycles. The van der Waals surface area contributed by atoms with Crippen molar-refractivity contribution in [2.45, 2.75) is 13.3 Å². The molecule has 0 radical (unpaired) electrons. The van der Waals surface area contributed by atoms with Crippen molar-refractivity contribution in [1.29, 1.82) is 0 Å². The van der Waals surface area contributed by atoms with Crippen LogP contribution in [0.3, 0.4) is 0 Å². The van der Waals surface area contributed by atoms with Crippen LogP contribution in [0.5, 0.6) is 0 Å². The van der Waals surface area contributed by atoms with Crippen molar-refractivity contribution >= 4 is 17.3 Å². The zero-order valence-electron chi connectivity index (χ0n) is 13.9. The monoisotopic (exact) mass is 332 g/mol. The quantitative estimate of drug-likeness (QED) is 0.552. The Balaban J connectivity index is 2.65. The van der Waals surface area contributed by atoms with Gasteiger partial charge in [0.2, 0.25) is 0 Å². The number of ether oxygens (including phenoxy) is 2. The lowest BCUT2D eigenvalue weighted by atomic mass is 10.2. The van der Waals surface area contributed by atoms with E-state index in [1.165, 1.54) is 0 Å². The molecule has 0 saturated heterocycles. The summed E-state index contributed by atoms with van der Waals surface area (Å²) in [5.41, 5.74) is 2.06. The van der Waals surface area contributed by atoms with Crippen molar-refractivity contribution in [2.24, 2.45) is 0 Å².